The second-order valence-electron chi connectivity index (χ2n) is 8.60. The maximum absolute atomic E-state index is 12.3. The van der Waals surface area contributed by atoms with Crippen molar-refractivity contribution in [1.29, 1.82) is 0 Å². The lowest BCUT2D eigenvalue weighted by Crippen LogP contribution is -2.37. The van der Waals surface area contributed by atoms with Crippen LogP contribution in [0.25, 0.3) is 0 Å². The fourth-order valence-electron chi connectivity index (χ4n) is 3.32. The van der Waals surface area contributed by atoms with Crippen LogP contribution in [0.3, 0.4) is 0 Å². The number of ether oxygens (including phenoxy) is 4. The average molecular weight is 437 g/mol. The summed E-state index contributed by atoms with van der Waals surface area (Å²) in [6.45, 7) is 10.7. The van der Waals surface area contributed by atoms with Gasteiger partial charge in [0.15, 0.2) is 11.6 Å². The third kappa shape index (κ3) is 7.06. The Balaban J connectivity index is 1.45. The SMILES string of the molecule is Cc1ccc(NC(=O)NCC2COC(C)(C)O2)cc1NC(=O)NCC1COC(C)(C)O1. The van der Waals surface area contributed by atoms with Gasteiger partial charge in [-0.1, -0.05) is 6.07 Å². The number of nitrogens with one attached hydrogen (secondary N) is 4. The minimum atomic E-state index is -0.632. The first kappa shape index (κ1) is 23.3. The van der Waals surface area contributed by atoms with Crippen LogP contribution in [0.2, 0.25) is 0 Å². The van der Waals surface area contributed by atoms with Crippen LogP contribution in [0.15, 0.2) is 18.2 Å². The Morgan fingerprint density at radius 1 is 0.903 bits per heavy atom. The highest BCUT2D eigenvalue weighted by Crippen LogP contribution is 2.23. The van der Waals surface area contributed by atoms with Gasteiger partial charge in [-0.2, -0.15) is 0 Å². The van der Waals surface area contributed by atoms with Gasteiger partial charge in [0.25, 0.3) is 0 Å². The molecule has 172 valence electrons. The molecule has 10 heteroatoms. The van der Waals surface area contributed by atoms with Crippen molar-refractivity contribution >= 4 is 23.4 Å². The van der Waals surface area contributed by atoms with Crippen molar-refractivity contribution < 1.29 is 28.5 Å². The van der Waals surface area contributed by atoms with Crippen molar-refractivity contribution in [2.45, 2.75) is 58.4 Å². The number of aryl methyl sites for hydroxylation is 1. The summed E-state index contributed by atoms with van der Waals surface area (Å²) in [6.07, 6.45) is -0.391. The Bertz CT molecular complexity index is 813. The molecule has 2 aliphatic rings. The minimum absolute atomic E-state index is 0.195. The van der Waals surface area contributed by atoms with Gasteiger partial charge in [-0.15, -0.1) is 0 Å². The summed E-state index contributed by atoms with van der Waals surface area (Å²) in [5, 5.41) is 11.1. The molecule has 1 aromatic carbocycles. The lowest BCUT2D eigenvalue weighted by Gasteiger charge is -2.18. The average Bonchev–Trinajstić information content (AvgIpc) is 3.21. The smallest absolute Gasteiger partial charge is 0.319 e. The summed E-state index contributed by atoms with van der Waals surface area (Å²) in [4.78, 5) is 24.5. The monoisotopic (exact) mass is 436 g/mol. The number of benzene rings is 1. The highest BCUT2D eigenvalue weighted by atomic mass is 16.7. The van der Waals surface area contributed by atoms with E-state index in [2.05, 4.69) is 21.3 Å². The van der Waals surface area contributed by atoms with Crippen molar-refractivity contribution in [3.05, 3.63) is 23.8 Å². The third-order valence-electron chi connectivity index (χ3n) is 4.86. The molecule has 31 heavy (non-hydrogen) atoms. The summed E-state index contributed by atoms with van der Waals surface area (Å²) in [5.74, 6) is -1.26. The third-order valence-corrected chi connectivity index (χ3v) is 4.86. The lowest BCUT2D eigenvalue weighted by molar-refractivity contribution is -0.138. The molecule has 0 aliphatic carbocycles. The molecule has 2 saturated heterocycles. The fourth-order valence-corrected chi connectivity index (χ4v) is 3.32. The van der Waals surface area contributed by atoms with Gasteiger partial charge < -0.3 is 40.2 Å². The molecular formula is C21H32N4O6. The molecule has 2 atom stereocenters. The molecule has 0 spiro atoms. The van der Waals surface area contributed by atoms with E-state index in [9.17, 15) is 9.59 Å². The van der Waals surface area contributed by atoms with Crippen molar-refractivity contribution in [3.63, 3.8) is 0 Å². The number of amides is 4. The summed E-state index contributed by atoms with van der Waals surface area (Å²) in [5.41, 5.74) is 2.01. The van der Waals surface area contributed by atoms with E-state index in [1.54, 1.807) is 12.1 Å². The number of urea groups is 2. The molecule has 4 N–H and O–H groups in total. The molecule has 0 aromatic heterocycles. The molecule has 2 unspecified atom stereocenters. The van der Waals surface area contributed by atoms with E-state index in [0.29, 0.717) is 37.7 Å². The zero-order chi connectivity index (χ0) is 22.6. The molecule has 3 rings (SSSR count). The number of hydrogen-bond donors (Lipinski definition) is 4. The molecule has 2 aliphatic heterocycles. The van der Waals surface area contributed by atoms with Gasteiger partial charge in [0.2, 0.25) is 0 Å². The maximum Gasteiger partial charge on any atom is 0.319 e. The number of hydrogen-bond acceptors (Lipinski definition) is 6. The molecule has 0 bridgehead atoms. The second kappa shape index (κ2) is 9.39. The van der Waals surface area contributed by atoms with Crippen LogP contribution >= 0.6 is 0 Å². The summed E-state index contributed by atoms with van der Waals surface area (Å²) in [7, 11) is 0. The van der Waals surface area contributed by atoms with Crippen LogP contribution in [-0.2, 0) is 18.9 Å². The van der Waals surface area contributed by atoms with Crippen LogP contribution in [0, 0.1) is 6.92 Å². The fraction of sp³-hybridized carbons (Fsp3) is 0.619. The van der Waals surface area contributed by atoms with E-state index in [4.69, 9.17) is 18.9 Å². The Morgan fingerprint density at radius 3 is 1.90 bits per heavy atom. The Morgan fingerprint density at radius 2 is 1.42 bits per heavy atom. The highest BCUT2D eigenvalue weighted by Gasteiger charge is 2.33. The van der Waals surface area contributed by atoms with Crippen molar-refractivity contribution in [1.82, 2.24) is 10.6 Å². The van der Waals surface area contributed by atoms with Crippen molar-refractivity contribution in [2.24, 2.45) is 0 Å². The Labute approximate surface area is 182 Å². The quantitative estimate of drug-likeness (QED) is 0.544. The van der Waals surface area contributed by atoms with Crippen LogP contribution in [0.5, 0.6) is 0 Å². The summed E-state index contributed by atoms with van der Waals surface area (Å²) >= 11 is 0. The van der Waals surface area contributed by atoms with Gasteiger partial charge in [0, 0.05) is 24.5 Å². The molecule has 2 heterocycles. The van der Waals surface area contributed by atoms with E-state index in [1.807, 2.05) is 40.7 Å². The van der Waals surface area contributed by atoms with E-state index in [1.165, 1.54) is 0 Å². The highest BCUT2D eigenvalue weighted by molar-refractivity contribution is 5.93. The second-order valence-corrected chi connectivity index (χ2v) is 8.60. The number of carbonyl (C=O) groups excluding carboxylic acids is 2. The van der Waals surface area contributed by atoms with Crippen molar-refractivity contribution in [2.75, 3.05) is 36.9 Å². The predicted molar refractivity (Wildman–Crippen MR) is 115 cm³/mol. The normalized spacial score (nSPS) is 23.9. The number of anilines is 2. The Hall–Kier alpha value is -2.40. The van der Waals surface area contributed by atoms with E-state index < -0.39 is 11.6 Å². The molecular weight excluding hydrogens is 404 g/mol. The first-order valence-electron chi connectivity index (χ1n) is 10.4. The van der Waals surface area contributed by atoms with Crippen LogP contribution in [0.1, 0.15) is 33.3 Å². The van der Waals surface area contributed by atoms with Crippen molar-refractivity contribution in [3.8, 4) is 0 Å². The van der Waals surface area contributed by atoms with Gasteiger partial charge in [-0.3, -0.25) is 0 Å². The zero-order valence-electron chi connectivity index (χ0n) is 18.7. The van der Waals surface area contributed by atoms with E-state index >= 15 is 0 Å². The van der Waals surface area contributed by atoms with E-state index in [0.717, 1.165) is 5.56 Å². The first-order chi connectivity index (χ1) is 14.5. The molecule has 1 aromatic rings. The molecule has 0 saturated carbocycles. The summed E-state index contributed by atoms with van der Waals surface area (Å²) in [6, 6.07) is 4.55. The van der Waals surface area contributed by atoms with Gasteiger partial charge in [0.1, 0.15) is 12.2 Å². The molecule has 0 radical (unpaired) electrons. The van der Waals surface area contributed by atoms with Crippen LogP contribution in [0.4, 0.5) is 21.0 Å². The maximum atomic E-state index is 12.3. The van der Waals surface area contributed by atoms with E-state index in [-0.39, 0.29) is 24.3 Å². The topological polar surface area (TPSA) is 119 Å². The van der Waals surface area contributed by atoms with Crippen LogP contribution < -0.4 is 21.3 Å². The number of rotatable bonds is 6. The standard InChI is InChI=1S/C21H32N4O6/c1-13-6-7-14(24-18(26)22-9-15-11-28-20(2,3)30-15)8-17(13)25-19(27)23-10-16-12-29-21(4,5)31-16/h6-8,15-16H,9-12H2,1-5H3,(H2,22,24,26)(H2,23,25,27). The minimum Gasteiger partial charge on any atom is -0.348 e. The molecule has 10 nitrogen and oxygen atoms in total. The molecule has 2 fully saturated rings. The zero-order valence-corrected chi connectivity index (χ0v) is 18.7. The predicted octanol–water partition coefficient (Wildman–Crippen LogP) is 2.54. The first-order valence-corrected chi connectivity index (χ1v) is 10.4. The Kier molecular flexibility index (Phi) is 7.05. The largest absolute Gasteiger partial charge is 0.348 e. The van der Waals surface area contributed by atoms with Gasteiger partial charge in [0.05, 0.1) is 13.2 Å². The van der Waals surface area contributed by atoms with Crippen LogP contribution in [-0.4, -0.2) is 62.1 Å². The van der Waals surface area contributed by atoms with Gasteiger partial charge in [-0.05, 0) is 52.3 Å². The summed E-state index contributed by atoms with van der Waals surface area (Å²) < 4.78 is 22.3. The van der Waals surface area contributed by atoms with Gasteiger partial charge >= 0.3 is 12.1 Å². The number of carbonyl (C=O) groups is 2. The van der Waals surface area contributed by atoms with Gasteiger partial charge in [-0.25, -0.2) is 9.59 Å². The lowest BCUT2D eigenvalue weighted by atomic mass is 10.2. The molecule has 4 amide bonds.